The lowest BCUT2D eigenvalue weighted by atomic mass is 9.77. The quantitative estimate of drug-likeness (QED) is 0.773. The summed E-state index contributed by atoms with van der Waals surface area (Å²) in [6.07, 6.45) is 1.92. The zero-order valence-electron chi connectivity index (χ0n) is 14.6. The fourth-order valence-corrected chi connectivity index (χ4v) is 4.07. The van der Waals surface area contributed by atoms with E-state index in [9.17, 15) is 4.79 Å². The summed E-state index contributed by atoms with van der Waals surface area (Å²) in [5.41, 5.74) is 10.1. The summed E-state index contributed by atoms with van der Waals surface area (Å²) in [7, 11) is 1.68. The molecule has 3 atom stereocenters. The third-order valence-electron chi connectivity index (χ3n) is 5.35. The number of hydrogen-bond acceptors (Lipinski definition) is 4. The molecule has 0 spiro atoms. The molecule has 5 nitrogen and oxygen atoms in total. The van der Waals surface area contributed by atoms with Crippen molar-refractivity contribution >= 4 is 17.5 Å². The summed E-state index contributed by atoms with van der Waals surface area (Å²) in [6.45, 7) is 0.499. The maximum absolute atomic E-state index is 12.7. The molecule has 2 aromatic carbocycles. The van der Waals surface area contributed by atoms with E-state index >= 15 is 0 Å². The van der Waals surface area contributed by atoms with E-state index in [0.29, 0.717) is 11.6 Å². The number of hydrazine groups is 1. The van der Waals surface area contributed by atoms with Crippen molar-refractivity contribution in [2.75, 3.05) is 7.11 Å². The first kappa shape index (κ1) is 17.3. The number of rotatable bonds is 4. The van der Waals surface area contributed by atoms with Crippen LogP contribution in [-0.2, 0) is 17.8 Å². The van der Waals surface area contributed by atoms with Crippen LogP contribution in [0.15, 0.2) is 42.5 Å². The van der Waals surface area contributed by atoms with Crippen molar-refractivity contribution in [3.05, 3.63) is 64.2 Å². The third-order valence-corrected chi connectivity index (χ3v) is 5.60. The Kier molecular flexibility index (Phi) is 4.85. The van der Waals surface area contributed by atoms with E-state index in [1.165, 1.54) is 11.1 Å². The van der Waals surface area contributed by atoms with Crippen LogP contribution in [0.3, 0.4) is 0 Å². The Labute approximate surface area is 158 Å². The number of carbonyl (C=O) groups is 1. The number of ether oxygens (including phenoxy) is 1. The van der Waals surface area contributed by atoms with Crippen LogP contribution in [0.5, 0.6) is 5.75 Å². The van der Waals surface area contributed by atoms with Crippen molar-refractivity contribution in [2.24, 2.45) is 5.92 Å². The molecule has 0 bridgehead atoms. The first-order valence-corrected chi connectivity index (χ1v) is 9.23. The minimum atomic E-state index is -0.234. The largest absolute Gasteiger partial charge is 0.497 e. The van der Waals surface area contributed by atoms with Crippen LogP contribution in [0.2, 0.25) is 5.02 Å². The molecule has 6 heteroatoms. The molecule has 0 saturated carbocycles. The maximum Gasteiger partial charge on any atom is 0.239 e. The van der Waals surface area contributed by atoms with Gasteiger partial charge in [-0.2, -0.15) is 0 Å². The smallest absolute Gasteiger partial charge is 0.239 e. The van der Waals surface area contributed by atoms with E-state index in [2.05, 4.69) is 28.3 Å². The summed E-state index contributed by atoms with van der Waals surface area (Å²) in [5, 5.41) is 3.73. The maximum atomic E-state index is 12.7. The number of amides is 1. The van der Waals surface area contributed by atoms with Gasteiger partial charge in [-0.1, -0.05) is 29.8 Å². The van der Waals surface area contributed by atoms with Crippen LogP contribution < -0.4 is 20.9 Å². The topological polar surface area (TPSA) is 62.4 Å². The summed E-state index contributed by atoms with van der Waals surface area (Å²) < 4.78 is 5.32. The molecule has 4 rings (SSSR count). The van der Waals surface area contributed by atoms with Crippen LogP contribution in [0, 0.1) is 5.92 Å². The van der Waals surface area contributed by atoms with Gasteiger partial charge in [0.2, 0.25) is 5.91 Å². The molecule has 0 radical (unpaired) electrons. The van der Waals surface area contributed by atoms with E-state index in [1.54, 1.807) is 7.11 Å². The molecule has 2 aliphatic rings. The van der Waals surface area contributed by atoms with Crippen molar-refractivity contribution < 1.29 is 9.53 Å². The predicted octanol–water partition coefficient (Wildman–Crippen LogP) is 2.74. The fraction of sp³-hybridized carbons (Fsp3) is 0.350. The first-order valence-electron chi connectivity index (χ1n) is 8.86. The van der Waals surface area contributed by atoms with E-state index in [1.807, 2.05) is 30.3 Å². The lowest BCUT2D eigenvalue weighted by Gasteiger charge is -2.29. The summed E-state index contributed by atoms with van der Waals surface area (Å²) in [4.78, 5) is 12.7. The molecule has 1 saturated heterocycles. The predicted molar refractivity (Wildman–Crippen MR) is 101 cm³/mol. The number of carbonyl (C=O) groups excluding carboxylic acids is 1. The van der Waals surface area contributed by atoms with Gasteiger partial charge in [-0.3, -0.25) is 4.79 Å². The van der Waals surface area contributed by atoms with Gasteiger partial charge in [0, 0.05) is 17.5 Å². The minimum absolute atomic E-state index is 0.0249. The van der Waals surface area contributed by atoms with Crippen molar-refractivity contribution in [2.45, 2.75) is 31.5 Å². The molecular weight excluding hydrogens is 350 g/mol. The van der Waals surface area contributed by atoms with E-state index < -0.39 is 0 Å². The molecular formula is C20H22ClN3O2. The van der Waals surface area contributed by atoms with Gasteiger partial charge in [-0.05, 0) is 53.8 Å². The molecule has 1 aliphatic carbocycles. The van der Waals surface area contributed by atoms with E-state index in [4.69, 9.17) is 16.3 Å². The zero-order chi connectivity index (χ0) is 18.1. The summed E-state index contributed by atoms with van der Waals surface area (Å²) in [6, 6.07) is 13.6. The highest BCUT2D eigenvalue weighted by Crippen LogP contribution is 2.40. The highest BCUT2D eigenvalue weighted by atomic mass is 35.5. The number of benzene rings is 2. The second kappa shape index (κ2) is 7.27. The van der Waals surface area contributed by atoms with Crippen molar-refractivity contribution in [1.82, 2.24) is 16.2 Å². The van der Waals surface area contributed by atoms with Crippen molar-refractivity contribution in [1.29, 1.82) is 0 Å². The number of aryl methyl sites for hydroxylation is 1. The second-order valence-electron chi connectivity index (χ2n) is 6.86. The molecule has 1 heterocycles. The molecule has 136 valence electrons. The van der Waals surface area contributed by atoms with Crippen molar-refractivity contribution in [3.63, 3.8) is 0 Å². The van der Waals surface area contributed by atoms with Crippen LogP contribution >= 0.6 is 11.6 Å². The van der Waals surface area contributed by atoms with Crippen LogP contribution in [0.4, 0.5) is 0 Å². The van der Waals surface area contributed by atoms with Gasteiger partial charge < -0.3 is 10.1 Å². The number of hydrogen-bond donors (Lipinski definition) is 3. The fourth-order valence-electron chi connectivity index (χ4n) is 3.94. The molecule has 1 aliphatic heterocycles. The highest BCUT2D eigenvalue weighted by molar-refractivity contribution is 6.30. The average molecular weight is 372 g/mol. The summed E-state index contributed by atoms with van der Waals surface area (Å²) in [5.74, 6) is 1.14. The zero-order valence-corrected chi connectivity index (χ0v) is 15.3. The average Bonchev–Trinajstić information content (AvgIpc) is 3.11. The minimum Gasteiger partial charge on any atom is -0.497 e. The highest BCUT2D eigenvalue weighted by Gasteiger charge is 2.43. The Balaban J connectivity index is 1.43. The number of nitrogens with one attached hydrogen (secondary N) is 3. The van der Waals surface area contributed by atoms with Gasteiger partial charge in [0.15, 0.2) is 0 Å². The molecule has 2 aromatic rings. The molecule has 3 unspecified atom stereocenters. The van der Waals surface area contributed by atoms with Crippen LogP contribution in [0.1, 0.15) is 29.2 Å². The molecule has 1 amide bonds. The number of methoxy groups -OCH3 is 1. The molecule has 26 heavy (non-hydrogen) atoms. The van der Waals surface area contributed by atoms with Crippen molar-refractivity contribution in [3.8, 4) is 5.75 Å². The Morgan fingerprint density at radius 3 is 2.81 bits per heavy atom. The normalized spacial score (nSPS) is 23.8. The number of halogens is 1. The van der Waals surface area contributed by atoms with Gasteiger partial charge in [0.1, 0.15) is 11.8 Å². The Bertz CT molecular complexity index is 809. The lowest BCUT2D eigenvalue weighted by Crippen LogP contribution is -2.45. The monoisotopic (exact) mass is 371 g/mol. The molecule has 0 aromatic heterocycles. The van der Waals surface area contributed by atoms with Gasteiger partial charge in [0.05, 0.1) is 13.2 Å². The van der Waals surface area contributed by atoms with Crippen LogP contribution in [-0.4, -0.2) is 19.1 Å². The summed E-state index contributed by atoms with van der Waals surface area (Å²) >= 11 is 5.90. The SMILES string of the molecule is COc1ccc2c(c1)CCC1C(C(=O)NCc3ccc(Cl)cc3)NNC21. The molecule has 1 fully saturated rings. The van der Waals surface area contributed by atoms with Crippen LogP contribution in [0.25, 0.3) is 0 Å². The first-order chi connectivity index (χ1) is 12.7. The van der Waals surface area contributed by atoms with Gasteiger partial charge in [0.25, 0.3) is 0 Å². The number of fused-ring (bicyclic) bond motifs is 3. The Morgan fingerprint density at radius 2 is 2.04 bits per heavy atom. The van der Waals surface area contributed by atoms with Gasteiger partial charge >= 0.3 is 0 Å². The Morgan fingerprint density at radius 1 is 1.23 bits per heavy atom. The third kappa shape index (κ3) is 3.30. The van der Waals surface area contributed by atoms with Gasteiger partial charge in [-0.15, -0.1) is 0 Å². The lowest BCUT2D eigenvalue weighted by molar-refractivity contribution is -0.124. The molecule has 3 N–H and O–H groups in total. The second-order valence-corrected chi connectivity index (χ2v) is 7.29. The van der Waals surface area contributed by atoms with E-state index in [0.717, 1.165) is 24.2 Å². The van der Waals surface area contributed by atoms with Gasteiger partial charge in [-0.25, -0.2) is 10.9 Å². The standard InChI is InChI=1S/C20H22ClN3O2/c1-26-15-7-9-16-13(10-15)4-8-17-18(16)23-24-19(17)20(25)22-11-12-2-5-14(21)6-3-12/h2-3,5-7,9-10,17-19,23-24H,4,8,11H2,1H3,(H,22,25). The van der Waals surface area contributed by atoms with E-state index in [-0.39, 0.29) is 23.9 Å². The Hall–Kier alpha value is -2.08.